The average Bonchev–Trinajstić information content (AvgIpc) is 2.40. The fourth-order valence-corrected chi connectivity index (χ4v) is 2.97. The molecule has 4 heteroatoms. The first kappa shape index (κ1) is 15.3. The summed E-state index contributed by atoms with van der Waals surface area (Å²) in [6, 6.07) is 1.84. The van der Waals surface area contributed by atoms with E-state index >= 15 is 0 Å². The zero-order valence-corrected chi connectivity index (χ0v) is 13.0. The van der Waals surface area contributed by atoms with Crippen LogP contribution in [0, 0.1) is 0 Å². The first-order valence-electron chi connectivity index (χ1n) is 7.74. The van der Waals surface area contributed by atoms with Gasteiger partial charge in [-0.2, -0.15) is 0 Å². The summed E-state index contributed by atoms with van der Waals surface area (Å²) >= 11 is 0. The van der Waals surface area contributed by atoms with Gasteiger partial charge in [0.1, 0.15) is 0 Å². The Labute approximate surface area is 121 Å². The Balaban J connectivity index is 2.43. The van der Waals surface area contributed by atoms with Crippen LogP contribution in [0.1, 0.15) is 56.0 Å². The fourth-order valence-electron chi connectivity index (χ4n) is 2.97. The van der Waals surface area contributed by atoms with E-state index in [4.69, 9.17) is 5.73 Å². The van der Waals surface area contributed by atoms with Crippen molar-refractivity contribution in [2.75, 3.05) is 13.6 Å². The Morgan fingerprint density at radius 2 is 2.15 bits per heavy atom. The van der Waals surface area contributed by atoms with E-state index in [1.165, 1.54) is 24.1 Å². The number of unbranched alkanes of at least 4 members (excludes halogenated alkanes) is 2. The number of fused-ring (bicyclic) bond motifs is 1. The summed E-state index contributed by atoms with van der Waals surface area (Å²) in [5.74, 6) is 0. The van der Waals surface area contributed by atoms with Gasteiger partial charge in [-0.05, 0) is 32.0 Å². The Morgan fingerprint density at radius 3 is 2.80 bits per heavy atom. The van der Waals surface area contributed by atoms with Crippen molar-refractivity contribution in [2.45, 2.75) is 58.7 Å². The third-order valence-corrected chi connectivity index (χ3v) is 4.16. The van der Waals surface area contributed by atoms with Crippen LogP contribution in [-0.2, 0) is 19.5 Å². The highest BCUT2D eigenvalue weighted by molar-refractivity contribution is 5.30. The van der Waals surface area contributed by atoms with Gasteiger partial charge in [-0.15, -0.1) is 0 Å². The summed E-state index contributed by atoms with van der Waals surface area (Å²) in [7, 11) is 2.13. The van der Waals surface area contributed by atoms with Crippen LogP contribution in [0.25, 0.3) is 0 Å². The quantitative estimate of drug-likeness (QED) is 0.838. The molecule has 0 fully saturated rings. The number of aromatic nitrogens is 1. The number of likely N-dealkylation sites (N-methyl/N-ethyl adjacent to an activating group) is 1. The molecule has 2 rings (SSSR count). The van der Waals surface area contributed by atoms with Gasteiger partial charge in [0, 0.05) is 43.4 Å². The second-order valence-corrected chi connectivity index (χ2v) is 6.01. The number of hydrogen-bond acceptors (Lipinski definition) is 3. The normalized spacial score (nSPS) is 17.0. The number of nitrogens with two attached hydrogens (primary N) is 1. The number of rotatable bonds is 5. The van der Waals surface area contributed by atoms with Crippen LogP contribution in [0.5, 0.6) is 0 Å². The first-order chi connectivity index (χ1) is 9.54. The van der Waals surface area contributed by atoms with Crippen molar-refractivity contribution in [1.82, 2.24) is 9.47 Å². The van der Waals surface area contributed by atoms with E-state index in [1.807, 2.05) is 17.6 Å². The minimum Gasteiger partial charge on any atom is -0.324 e. The minimum atomic E-state index is -0.197. The summed E-state index contributed by atoms with van der Waals surface area (Å²) < 4.78 is 2.00. The van der Waals surface area contributed by atoms with Crippen molar-refractivity contribution in [2.24, 2.45) is 5.73 Å². The third-order valence-electron chi connectivity index (χ3n) is 4.16. The van der Waals surface area contributed by atoms with Gasteiger partial charge in [-0.1, -0.05) is 19.8 Å². The Bertz CT molecular complexity index is 519. The van der Waals surface area contributed by atoms with Crippen molar-refractivity contribution in [3.63, 3.8) is 0 Å². The van der Waals surface area contributed by atoms with Crippen LogP contribution < -0.4 is 11.3 Å². The molecule has 1 aromatic heterocycles. The number of hydrogen-bond donors (Lipinski definition) is 1. The van der Waals surface area contributed by atoms with E-state index in [9.17, 15) is 4.79 Å². The lowest BCUT2D eigenvalue weighted by atomic mass is 10.0. The molecular formula is C16H27N3O. The predicted molar refractivity (Wildman–Crippen MR) is 82.9 cm³/mol. The van der Waals surface area contributed by atoms with Gasteiger partial charge in [-0.25, -0.2) is 0 Å². The molecule has 0 saturated heterocycles. The van der Waals surface area contributed by atoms with Gasteiger partial charge in [0.05, 0.1) is 0 Å². The van der Waals surface area contributed by atoms with Gasteiger partial charge in [0.15, 0.2) is 0 Å². The largest absolute Gasteiger partial charge is 0.324 e. The van der Waals surface area contributed by atoms with Gasteiger partial charge < -0.3 is 15.2 Å². The van der Waals surface area contributed by atoms with E-state index in [1.54, 1.807) is 0 Å². The Hall–Kier alpha value is -1.13. The predicted octanol–water partition coefficient (Wildman–Crippen LogP) is 2.05. The first-order valence-corrected chi connectivity index (χ1v) is 7.74. The highest BCUT2D eigenvalue weighted by Crippen LogP contribution is 2.20. The SMILES string of the molecule is CCCCCn1c2c(cc(C(C)N)c1=O)CN(C)CC2. The maximum Gasteiger partial charge on any atom is 0.255 e. The molecule has 4 nitrogen and oxygen atoms in total. The standard InChI is InChI=1S/C16H27N3O/c1-4-5-6-8-19-15-7-9-18(3)11-13(15)10-14(12(2)17)16(19)20/h10,12H,4-9,11,17H2,1-3H3. The second kappa shape index (κ2) is 6.55. The molecule has 20 heavy (non-hydrogen) atoms. The second-order valence-electron chi connectivity index (χ2n) is 6.01. The molecule has 1 unspecified atom stereocenters. The number of pyridine rings is 1. The molecule has 112 valence electrons. The topological polar surface area (TPSA) is 51.3 Å². The summed E-state index contributed by atoms with van der Waals surface area (Å²) in [5.41, 5.74) is 9.37. The maximum atomic E-state index is 12.6. The molecule has 1 aromatic rings. The molecule has 2 N–H and O–H groups in total. The van der Waals surface area contributed by atoms with Crippen LogP contribution in [0.2, 0.25) is 0 Å². The molecule has 2 heterocycles. The van der Waals surface area contributed by atoms with Crippen LogP contribution in [0.3, 0.4) is 0 Å². The van der Waals surface area contributed by atoms with Crippen LogP contribution >= 0.6 is 0 Å². The summed E-state index contributed by atoms with van der Waals surface area (Å²) in [5, 5.41) is 0. The van der Waals surface area contributed by atoms with Crippen molar-refractivity contribution in [1.29, 1.82) is 0 Å². The van der Waals surface area contributed by atoms with E-state index in [-0.39, 0.29) is 11.6 Å². The molecule has 0 radical (unpaired) electrons. The third kappa shape index (κ3) is 3.13. The Kier molecular flexibility index (Phi) is 5.00. The lowest BCUT2D eigenvalue weighted by molar-refractivity contribution is 0.303. The van der Waals surface area contributed by atoms with E-state index < -0.39 is 0 Å². The van der Waals surface area contributed by atoms with Crippen LogP contribution in [0.4, 0.5) is 0 Å². The van der Waals surface area contributed by atoms with Crippen LogP contribution in [0.15, 0.2) is 10.9 Å². The van der Waals surface area contributed by atoms with Crippen LogP contribution in [-0.4, -0.2) is 23.1 Å². The highest BCUT2D eigenvalue weighted by atomic mass is 16.1. The highest BCUT2D eigenvalue weighted by Gasteiger charge is 2.20. The minimum absolute atomic E-state index is 0.124. The van der Waals surface area contributed by atoms with Gasteiger partial charge in [-0.3, -0.25) is 4.79 Å². The molecule has 0 saturated carbocycles. The van der Waals surface area contributed by atoms with E-state index in [0.717, 1.165) is 38.0 Å². The molecule has 1 atom stereocenters. The van der Waals surface area contributed by atoms with Crippen molar-refractivity contribution in [3.8, 4) is 0 Å². The zero-order chi connectivity index (χ0) is 14.7. The van der Waals surface area contributed by atoms with Gasteiger partial charge in [0.2, 0.25) is 0 Å². The fraction of sp³-hybridized carbons (Fsp3) is 0.688. The molecule has 0 bridgehead atoms. The molecule has 0 spiro atoms. The van der Waals surface area contributed by atoms with E-state index in [0.29, 0.717) is 0 Å². The Morgan fingerprint density at radius 1 is 1.40 bits per heavy atom. The van der Waals surface area contributed by atoms with Crippen molar-refractivity contribution in [3.05, 3.63) is 33.2 Å². The average molecular weight is 277 g/mol. The molecule has 0 amide bonds. The monoisotopic (exact) mass is 277 g/mol. The lowest BCUT2D eigenvalue weighted by Gasteiger charge is -2.28. The zero-order valence-electron chi connectivity index (χ0n) is 13.0. The van der Waals surface area contributed by atoms with Gasteiger partial charge in [0.25, 0.3) is 5.56 Å². The molecular weight excluding hydrogens is 250 g/mol. The summed E-state index contributed by atoms with van der Waals surface area (Å²) in [6.07, 6.45) is 4.38. The molecule has 0 aliphatic carbocycles. The lowest BCUT2D eigenvalue weighted by Crippen LogP contribution is -2.36. The molecule has 0 aromatic carbocycles. The van der Waals surface area contributed by atoms with E-state index in [2.05, 4.69) is 18.9 Å². The smallest absolute Gasteiger partial charge is 0.255 e. The number of nitrogens with zero attached hydrogens (tertiary/aromatic N) is 2. The van der Waals surface area contributed by atoms with Crippen molar-refractivity contribution >= 4 is 0 Å². The summed E-state index contributed by atoms with van der Waals surface area (Å²) in [6.45, 7) is 6.86. The summed E-state index contributed by atoms with van der Waals surface area (Å²) in [4.78, 5) is 14.9. The molecule has 1 aliphatic rings. The van der Waals surface area contributed by atoms with Gasteiger partial charge >= 0.3 is 0 Å². The molecule has 1 aliphatic heterocycles. The van der Waals surface area contributed by atoms with Crippen molar-refractivity contribution < 1.29 is 0 Å². The maximum absolute atomic E-state index is 12.6.